The van der Waals surface area contributed by atoms with Gasteiger partial charge < -0.3 is 10.2 Å². The molecule has 0 spiro atoms. The second-order valence-corrected chi connectivity index (χ2v) is 7.44. The van der Waals surface area contributed by atoms with Gasteiger partial charge in [-0.1, -0.05) is 44.2 Å². The molecular weight excluding hydrogens is 346 g/mol. The van der Waals surface area contributed by atoms with Gasteiger partial charge in [0, 0.05) is 44.2 Å². The Morgan fingerprint density at radius 2 is 1.75 bits per heavy atom. The molecule has 1 N–H and O–H groups in total. The molecule has 146 valence electrons. The SMILES string of the molecule is CC(C)CCNc1cc(-c2ccccc2)nc(N(C)CCc2ccncc2)n1. The van der Waals surface area contributed by atoms with E-state index in [1.165, 1.54) is 5.56 Å². The van der Waals surface area contributed by atoms with Gasteiger partial charge >= 0.3 is 0 Å². The van der Waals surface area contributed by atoms with E-state index in [0.717, 1.165) is 49.0 Å². The van der Waals surface area contributed by atoms with Crippen molar-refractivity contribution in [2.24, 2.45) is 5.92 Å². The molecule has 0 saturated carbocycles. The topological polar surface area (TPSA) is 53.9 Å². The number of aromatic nitrogens is 3. The number of benzene rings is 1. The lowest BCUT2D eigenvalue weighted by Gasteiger charge is -2.19. The van der Waals surface area contributed by atoms with Crippen LogP contribution in [0.15, 0.2) is 60.9 Å². The summed E-state index contributed by atoms with van der Waals surface area (Å²) in [4.78, 5) is 15.8. The maximum absolute atomic E-state index is 4.82. The lowest BCUT2D eigenvalue weighted by molar-refractivity contribution is 0.606. The van der Waals surface area contributed by atoms with Gasteiger partial charge in [-0.05, 0) is 36.5 Å². The molecule has 5 nitrogen and oxygen atoms in total. The van der Waals surface area contributed by atoms with Gasteiger partial charge in [-0.2, -0.15) is 4.98 Å². The normalized spacial score (nSPS) is 10.9. The van der Waals surface area contributed by atoms with E-state index in [2.05, 4.69) is 41.2 Å². The highest BCUT2D eigenvalue weighted by Gasteiger charge is 2.11. The van der Waals surface area contributed by atoms with Crippen LogP contribution in [0.2, 0.25) is 0 Å². The first-order valence-corrected chi connectivity index (χ1v) is 9.90. The quantitative estimate of drug-likeness (QED) is 0.589. The highest BCUT2D eigenvalue weighted by molar-refractivity contribution is 5.64. The molecule has 0 atom stereocenters. The number of anilines is 2. The highest BCUT2D eigenvalue weighted by Crippen LogP contribution is 2.23. The van der Waals surface area contributed by atoms with Gasteiger partial charge in [0.05, 0.1) is 5.69 Å². The van der Waals surface area contributed by atoms with Crippen LogP contribution in [0.4, 0.5) is 11.8 Å². The van der Waals surface area contributed by atoms with Crippen molar-refractivity contribution in [1.29, 1.82) is 0 Å². The summed E-state index contributed by atoms with van der Waals surface area (Å²) < 4.78 is 0. The van der Waals surface area contributed by atoms with Gasteiger partial charge in [0.2, 0.25) is 5.95 Å². The van der Waals surface area contributed by atoms with E-state index >= 15 is 0 Å². The Labute approximate surface area is 167 Å². The summed E-state index contributed by atoms with van der Waals surface area (Å²) in [7, 11) is 2.04. The number of likely N-dealkylation sites (N-methyl/N-ethyl adjacent to an activating group) is 1. The van der Waals surface area contributed by atoms with Gasteiger partial charge in [-0.3, -0.25) is 4.98 Å². The molecule has 28 heavy (non-hydrogen) atoms. The third kappa shape index (κ3) is 5.78. The Balaban J connectivity index is 1.79. The molecule has 0 aliphatic carbocycles. The van der Waals surface area contributed by atoms with E-state index < -0.39 is 0 Å². The van der Waals surface area contributed by atoms with Crippen LogP contribution in [0.3, 0.4) is 0 Å². The summed E-state index contributed by atoms with van der Waals surface area (Å²) in [6.45, 7) is 6.21. The van der Waals surface area contributed by atoms with Crippen LogP contribution in [0.1, 0.15) is 25.8 Å². The first-order valence-electron chi connectivity index (χ1n) is 9.90. The second-order valence-electron chi connectivity index (χ2n) is 7.44. The molecule has 3 aromatic rings. The van der Waals surface area contributed by atoms with Gasteiger partial charge in [0.25, 0.3) is 0 Å². The van der Waals surface area contributed by atoms with E-state index in [4.69, 9.17) is 9.97 Å². The summed E-state index contributed by atoms with van der Waals surface area (Å²) >= 11 is 0. The standard InChI is InChI=1S/C23H29N5/c1-18(2)9-15-25-22-17-21(20-7-5-4-6-8-20)26-23(27-22)28(3)16-12-19-10-13-24-14-11-19/h4-8,10-11,13-14,17-18H,9,12,15-16H2,1-3H3,(H,25,26,27). The van der Waals surface area contributed by atoms with Gasteiger partial charge in [-0.15, -0.1) is 0 Å². The van der Waals surface area contributed by atoms with Crippen LogP contribution >= 0.6 is 0 Å². The number of hydrogen-bond acceptors (Lipinski definition) is 5. The van der Waals surface area contributed by atoms with E-state index in [1.54, 1.807) is 0 Å². The van der Waals surface area contributed by atoms with Crippen LogP contribution in [-0.2, 0) is 6.42 Å². The zero-order chi connectivity index (χ0) is 19.8. The third-order valence-corrected chi connectivity index (χ3v) is 4.64. The Morgan fingerprint density at radius 3 is 2.46 bits per heavy atom. The summed E-state index contributed by atoms with van der Waals surface area (Å²) in [5.74, 6) is 2.27. The first-order chi connectivity index (χ1) is 13.6. The Kier molecular flexibility index (Phi) is 6.95. The van der Waals surface area contributed by atoms with E-state index in [0.29, 0.717) is 5.92 Å². The zero-order valence-corrected chi connectivity index (χ0v) is 17.0. The monoisotopic (exact) mass is 375 g/mol. The summed E-state index contributed by atoms with van der Waals surface area (Å²) in [5, 5.41) is 3.47. The van der Waals surface area contributed by atoms with Crippen LogP contribution in [0.25, 0.3) is 11.3 Å². The second kappa shape index (κ2) is 9.83. The number of hydrogen-bond donors (Lipinski definition) is 1. The molecular formula is C23H29N5. The van der Waals surface area contributed by atoms with Crippen molar-refractivity contribution in [1.82, 2.24) is 15.0 Å². The van der Waals surface area contributed by atoms with Gasteiger partial charge in [0.15, 0.2) is 0 Å². The van der Waals surface area contributed by atoms with Crippen molar-refractivity contribution in [3.63, 3.8) is 0 Å². The molecule has 0 fully saturated rings. The third-order valence-electron chi connectivity index (χ3n) is 4.64. The van der Waals surface area contributed by atoms with Crippen molar-refractivity contribution in [3.05, 3.63) is 66.5 Å². The average molecular weight is 376 g/mol. The fourth-order valence-electron chi connectivity index (χ4n) is 2.89. The van der Waals surface area contributed by atoms with Crippen molar-refractivity contribution in [3.8, 4) is 11.3 Å². The molecule has 0 radical (unpaired) electrons. The molecule has 5 heteroatoms. The lowest BCUT2D eigenvalue weighted by atomic mass is 10.1. The van der Waals surface area contributed by atoms with Crippen molar-refractivity contribution >= 4 is 11.8 Å². The minimum Gasteiger partial charge on any atom is -0.370 e. The van der Waals surface area contributed by atoms with Crippen LogP contribution < -0.4 is 10.2 Å². The summed E-state index contributed by atoms with van der Waals surface area (Å²) in [6.07, 6.45) is 5.70. The van der Waals surface area contributed by atoms with Gasteiger partial charge in [0.1, 0.15) is 5.82 Å². The van der Waals surface area contributed by atoms with Gasteiger partial charge in [-0.25, -0.2) is 4.98 Å². The Hall–Kier alpha value is -2.95. The fraction of sp³-hybridized carbons (Fsp3) is 0.348. The molecule has 0 saturated heterocycles. The molecule has 2 aromatic heterocycles. The minimum absolute atomic E-state index is 0.658. The molecule has 1 aromatic carbocycles. The number of rotatable bonds is 9. The number of nitrogens with zero attached hydrogens (tertiary/aromatic N) is 4. The highest BCUT2D eigenvalue weighted by atomic mass is 15.2. The van der Waals surface area contributed by atoms with E-state index in [-0.39, 0.29) is 0 Å². The van der Waals surface area contributed by atoms with Crippen LogP contribution in [-0.4, -0.2) is 35.1 Å². The lowest BCUT2D eigenvalue weighted by Crippen LogP contribution is -2.23. The molecule has 0 aliphatic heterocycles. The smallest absolute Gasteiger partial charge is 0.227 e. The predicted molar refractivity (Wildman–Crippen MR) is 117 cm³/mol. The zero-order valence-electron chi connectivity index (χ0n) is 17.0. The largest absolute Gasteiger partial charge is 0.370 e. The maximum atomic E-state index is 4.82. The van der Waals surface area contributed by atoms with Crippen LogP contribution in [0, 0.1) is 5.92 Å². The molecule has 0 unspecified atom stereocenters. The first kappa shape index (κ1) is 19.8. The number of nitrogens with one attached hydrogen (secondary N) is 1. The van der Waals surface area contributed by atoms with Crippen molar-refractivity contribution in [2.75, 3.05) is 30.4 Å². The Morgan fingerprint density at radius 1 is 1.00 bits per heavy atom. The van der Waals surface area contributed by atoms with E-state index in [9.17, 15) is 0 Å². The van der Waals surface area contributed by atoms with Crippen molar-refractivity contribution in [2.45, 2.75) is 26.7 Å². The molecule has 2 heterocycles. The molecule has 0 aliphatic rings. The molecule has 0 bridgehead atoms. The van der Waals surface area contributed by atoms with E-state index in [1.807, 2.05) is 55.8 Å². The predicted octanol–water partition coefficient (Wildman–Crippen LogP) is 4.68. The maximum Gasteiger partial charge on any atom is 0.227 e. The summed E-state index contributed by atoms with van der Waals surface area (Å²) in [6, 6.07) is 16.4. The molecule has 3 rings (SSSR count). The Bertz CT molecular complexity index is 849. The molecule has 0 amide bonds. The number of pyridine rings is 1. The average Bonchev–Trinajstić information content (AvgIpc) is 2.73. The minimum atomic E-state index is 0.658. The fourth-order valence-corrected chi connectivity index (χ4v) is 2.89. The summed E-state index contributed by atoms with van der Waals surface area (Å²) in [5.41, 5.74) is 3.30. The van der Waals surface area contributed by atoms with Crippen molar-refractivity contribution < 1.29 is 0 Å². The van der Waals surface area contributed by atoms with Crippen LogP contribution in [0.5, 0.6) is 0 Å².